The zero-order valence-electron chi connectivity index (χ0n) is 11.0. The van der Waals surface area contributed by atoms with Crippen molar-refractivity contribution in [1.82, 2.24) is 9.97 Å². The maximum atomic E-state index is 9.31. The summed E-state index contributed by atoms with van der Waals surface area (Å²) in [4.78, 5) is 8.32. The molecule has 102 valence electrons. The smallest absolute Gasteiger partial charge is 0.158 e. The predicted octanol–water partition coefficient (Wildman–Crippen LogP) is 2.10. The molecule has 0 bridgehead atoms. The van der Waals surface area contributed by atoms with Crippen molar-refractivity contribution in [3.8, 4) is 0 Å². The van der Waals surface area contributed by atoms with Gasteiger partial charge in [0, 0.05) is 13.2 Å². The van der Waals surface area contributed by atoms with Crippen LogP contribution in [0.15, 0.2) is 6.07 Å². The Kier molecular flexibility index (Phi) is 6.32. The number of ether oxygens (including phenoxy) is 1. The van der Waals surface area contributed by atoms with Crippen LogP contribution in [0, 0.1) is 5.92 Å². The molecule has 0 aliphatic rings. The highest BCUT2D eigenvalue weighted by Crippen LogP contribution is 2.15. The molecule has 0 aliphatic heterocycles. The lowest BCUT2D eigenvalue weighted by Gasteiger charge is -2.19. The molecule has 1 atom stereocenters. The minimum atomic E-state index is -0.0358. The second-order valence-electron chi connectivity index (χ2n) is 4.58. The molecule has 18 heavy (non-hydrogen) atoms. The molecule has 1 aromatic rings. The molecule has 6 heteroatoms. The molecule has 0 aromatic carbocycles. The van der Waals surface area contributed by atoms with Crippen molar-refractivity contribution in [3.05, 3.63) is 17.0 Å². The Balaban J connectivity index is 2.75. The van der Waals surface area contributed by atoms with Crippen molar-refractivity contribution in [2.75, 3.05) is 19.0 Å². The Morgan fingerprint density at radius 3 is 2.72 bits per heavy atom. The average Bonchev–Trinajstić information content (AvgIpc) is 2.27. The van der Waals surface area contributed by atoms with Gasteiger partial charge < -0.3 is 15.2 Å². The van der Waals surface area contributed by atoms with Gasteiger partial charge in [0.05, 0.1) is 12.6 Å². The molecular formula is C12H20ClN3O2. The monoisotopic (exact) mass is 273 g/mol. The molecule has 2 N–H and O–H groups in total. The van der Waals surface area contributed by atoms with Gasteiger partial charge in [0.1, 0.15) is 17.6 Å². The van der Waals surface area contributed by atoms with Crippen molar-refractivity contribution in [3.63, 3.8) is 0 Å². The molecule has 1 aromatic heterocycles. The molecular weight excluding hydrogens is 254 g/mol. The normalized spacial score (nSPS) is 12.8. The summed E-state index contributed by atoms with van der Waals surface area (Å²) >= 11 is 5.91. The number of hydrogen-bond acceptors (Lipinski definition) is 5. The van der Waals surface area contributed by atoms with Crippen molar-refractivity contribution in [2.45, 2.75) is 32.9 Å². The predicted molar refractivity (Wildman–Crippen MR) is 71.7 cm³/mol. The Morgan fingerprint density at radius 1 is 1.44 bits per heavy atom. The van der Waals surface area contributed by atoms with E-state index in [2.05, 4.69) is 29.1 Å². The van der Waals surface area contributed by atoms with Crippen molar-refractivity contribution >= 4 is 17.4 Å². The first-order valence-electron chi connectivity index (χ1n) is 5.95. The maximum absolute atomic E-state index is 9.31. The van der Waals surface area contributed by atoms with Crippen molar-refractivity contribution < 1.29 is 9.84 Å². The fraction of sp³-hybridized carbons (Fsp3) is 0.667. The largest absolute Gasteiger partial charge is 0.394 e. The van der Waals surface area contributed by atoms with Crippen LogP contribution in [-0.2, 0) is 11.3 Å². The van der Waals surface area contributed by atoms with Crippen LogP contribution < -0.4 is 5.32 Å². The molecule has 0 saturated carbocycles. The molecule has 0 aliphatic carbocycles. The summed E-state index contributed by atoms with van der Waals surface area (Å²) < 4.78 is 4.97. The number of nitrogens with one attached hydrogen (secondary N) is 1. The Labute approximate surface area is 113 Å². The van der Waals surface area contributed by atoms with Crippen LogP contribution in [0.4, 0.5) is 5.82 Å². The van der Waals surface area contributed by atoms with Gasteiger partial charge in [0.15, 0.2) is 5.82 Å². The van der Waals surface area contributed by atoms with Crippen LogP contribution in [0.2, 0.25) is 5.15 Å². The summed E-state index contributed by atoms with van der Waals surface area (Å²) in [5, 5.41) is 12.8. The van der Waals surface area contributed by atoms with E-state index in [9.17, 15) is 5.11 Å². The second kappa shape index (κ2) is 7.51. The zero-order chi connectivity index (χ0) is 13.5. The van der Waals surface area contributed by atoms with Gasteiger partial charge in [-0.1, -0.05) is 25.4 Å². The van der Waals surface area contributed by atoms with E-state index in [0.29, 0.717) is 29.3 Å². The van der Waals surface area contributed by atoms with E-state index in [1.54, 1.807) is 13.2 Å². The first kappa shape index (κ1) is 15.1. The third kappa shape index (κ3) is 5.16. The highest BCUT2D eigenvalue weighted by atomic mass is 35.5. The summed E-state index contributed by atoms with van der Waals surface area (Å²) in [6.45, 7) is 4.57. The number of halogens is 1. The van der Waals surface area contributed by atoms with E-state index in [4.69, 9.17) is 16.3 Å². The summed E-state index contributed by atoms with van der Waals surface area (Å²) in [5.74, 6) is 1.63. The standard InChI is InChI=1S/C12H20ClN3O2/c1-8(2)4-9(6-17)14-11-5-10(13)15-12(16-11)7-18-3/h5,8-9,17H,4,6-7H2,1-3H3,(H,14,15,16). The van der Waals surface area contributed by atoms with E-state index in [0.717, 1.165) is 6.42 Å². The Morgan fingerprint density at radius 2 is 2.17 bits per heavy atom. The molecule has 5 nitrogen and oxygen atoms in total. The Hall–Kier alpha value is -0.910. The fourth-order valence-corrected chi connectivity index (χ4v) is 1.89. The molecule has 0 spiro atoms. The first-order valence-corrected chi connectivity index (χ1v) is 6.32. The molecule has 0 radical (unpaired) electrons. The van der Waals surface area contributed by atoms with E-state index < -0.39 is 0 Å². The van der Waals surface area contributed by atoms with Crippen molar-refractivity contribution in [2.24, 2.45) is 5.92 Å². The summed E-state index contributed by atoms with van der Waals surface area (Å²) in [6.07, 6.45) is 0.859. The van der Waals surface area contributed by atoms with Crippen LogP contribution in [-0.4, -0.2) is 34.8 Å². The quantitative estimate of drug-likeness (QED) is 0.745. The third-order valence-corrected chi connectivity index (χ3v) is 2.54. The number of aliphatic hydroxyl groups excluding tert-OH is 1. The summed E-state index contributed by atoms with van der Waals surface area (Å²) in [6, 6.07) is 1.61. The average molecular weight is 274 g/mol. The van der Waals surface area contributed by atoms with Gasteiger partial charge in [0.25, 0.3) is 0 Å². The number of rotatable bonds is 7. The first-order chi connectivity index (χ1) is 8.55. The van der Waals surface area contributed by atoms with Crippen LogP contribution in [0.1, 0.15) is 26.1 Å². The number of methoxy groups -OCH3 is 1. The van der Waals surface area contributed by atoms with E-state index >= 15 is 0 Å². The van der Waals surface area contributed by atoms with Crippen LogP contribution in [0.25, 0.3) is 0 Å². The number of anilines is 1. The third-order valence-electron chi connectivity index (χ3n) is 2.34. The molecule has 0 fully saturated rings. The van der Waals surface area contributed by atoms with E-state index in [1.807, 2.05) is 0 Å². The molecule has 1 rings (SSSR count). The lowest BCUT2D eigenvalue weighted by Crippen LogP contribution is -2.26. The summed E-state index contributed by atoms with van der Waals surface area (Å²) in [7, 11) is 1.58. The number of hydrogen-bond donors (Lipinski definition) is 2. The number of aliphatic hydroxyl groups is 1. The van der Waals surface area contributed by atoms with Crippen LogP contribution in [0.5, 0.6) is 0 Å². The van der Waals surface area contributed by atoms with E-state index in [1.165, 1.54) is 0 Å². The van der Waals surface area contributed by atoms with Crippen LogP contribution >= 0.6 is 11.6 Å². The van der Waals surface area contributed by atoms with Gasteiger partial charge in [-0.3, -0.25) is 0 Å². The Bertz CT molecular complexity index is 374. The maximum Gasteiger partial charge on any atom is 0.158 e. The zero-order valence-corrected chi connectivity index (χ0v) is 11.7. The molecule has 0 saturated heterocycles. The van der Waals surface area contributed by atoms with Crippen molar-refractivity contribution in [1.29, 1.82) is 0 Å². The van der Waals surface area contributed by atoms with Gasteiger partial charge in [0.2, 0.25) is 0 Å². The van der Waals surface area contributed by atoms with Gasteiger partial charge in [-0.25, -0.2) is 9.97 Å². The highest BCUT2D eigenvalue weighted by Gasteiger charge is 2.11. The lowest BCUT2D eigenvalue weighted by atomic mass is 10.0. The number of aromatic nitrogens is 2. The van der Waals surface area contributed by atoms with E-state index in [-0.39, 0.29) is 12.6 Å². The van der Waals surface area contributed by atoms with Gasteiger partial charge in [-0.05, 0) is 12.3 Å². The lowest BCUT2D eigenvalue weighted by molar-refractivity contribution is 0.178. The topological polar surface area (TPSA) is 67.3 Å². The molecule has 0 amide bonds. The highest BCUT2D eigenvalue weighted by molar-refractivity contribution is 6.29. The van der Waals surface area contributed by atoms with Gasteiger partial charge in [-0.2, -0.15) is 0 Å². The molecule has 1 heterocycles. The number of nitrogens with zero attached hydrogens (tertiary/aromatic N) is 2. The van der Waals surface area contributed by atoms with Gasteiger partial charge in [-0.15, -0.1) is 0 Å². The SMILES string of the molecule is COCc1nc(Cl)cc(NC(CO)CC(C)C)n1. The minimum Gasteiger partial charge on any atom is -0.394 e. The fourth-order valence-electron chi connectivity index (χ4n) is 1.69. The summed E-state index contributed by atoms with van der Waals surface area (Å²) in [5.41, 5.74) is 0. The molecule has 1 unspecified atom stereocenters. The van der Waals surface area contributed by atoms with Gasteiger partial charge >= 0.3 is 0 Å². The second-order valence-corrected chi connectivity index (χ2v) is 4.97. The minimum absolute atomic E-state index is 0.0358. The van der Waals surface area contributed by atoms with Crippen LogP contribution in [0.3, 0.4) is 0 Å².